The van der Waals surface area contributed by atoms with Crippen LogP contribution in [0.2, 0.25) is 0 Å². The van der Waals surface area contributed by atoms with E-state index in [0.717, 1.165) is 18.1 Å². The van der Waals surface area contributed by atoms with Crippen molar-refractivity contribution in [2.24, 2.45) is 4.99 Å². The smallest absolute Gasteiger partial charge is 0.222 e. The van der Waals surface area contributed by atoms with Crippen LogP contribution in [0.4, 0.5) is 0 Å². The van der Waals surface area contributed by atoms with Gasteiger partial charge in [-0.3, -0.25) is 9.79 Å². The molecule has 0 aliphatic carbocycles. The molecule has 2 rings (SSSR count). The highest BCUT2D eigenvalue weighted by Gasteiger charge is 2.25. The summed E-state index contributed by atoms with van der Waals surface area (Å²) in [7, 11) is 1.86. The zero-order chi connectivity index (χ0) is 12.4. The van der Waals surface area contributed by atoms with E-state index in [0.29, 0.717) is 17.7 Å². The summed E-state index contributed by atoms with van der Waals surface area (Å²) < 4.78 is 0. The molecule has 0 aromatic carbocycles. The zero-order valence-electron chi connectivity index (χ0n) is 10.8. The van der Waals surface area contributed by atoms with E-state index in [-0.39, 0.29) is 11.9 Å². The number of carbonyl (C=O) groups excluding carboxylic acids is 1. The van der Waals surface area contributed by atoms with Gasteiger partial charge in [-0.25, -0.2) is 0 Å². The summed E-state index contributed by atoms with van der Waals surface area (Å²) in [5, 5.41) is 5.12. The van der Waals surface area contributed by atoms with Gasteiger partial charge in [0, 0.05) is 31.3 Å². The average molecular weight is 255 g/mol. The van der Waals surface area contributed by atoms with Crippen molar-refractivity contribution >= 4 is 22.8 Å². The van der Waals surface area contributed by atoms with Crippen LogP contribution in [0.15, 0.2) is 4.99 Å². The first-order valence-electron chi connectivity index (χ1n) is 6.29. The Kier molecular flexibility index (Phi) is 3.97. The Morgan fingerprint density at radius 2 is 2.24 bits per heavy atom. The van der Waals surface area contributed by atoms with Gasteiger partial charge in [0.2, 0.25) is 5.91 Å². The number of likely N-dealkylation sites (tertiary alicyclic amines) is 1. The number of hydrogen-bond acceptors (Lipinski definition) is 3. The van der Waals surface area contributed by atoms with Gasteiger partial charge in [-0.2, -0.15) is 0 Å². The highest BCUT2D eigenvalue weighted by molar-refractivity contribution is 8.14. The minimum atomic E-state index is 0.243. The fraction of sp³-hybridized carbons (Fsp3) is 0.833. The van der Waals surface area contributed by atoms with E-state index >= 15 is 0 Å². The molecule has 3 unspecified atom stereocenters. The van der Waals surface area contributed by atoms with Gasteiger partial charge in [0.15, 0.2) is 5.17 Å². The molecule has 2 heterocycles. The minimum Gasteiger partial charge on any atom is -0.362 e. The van der Waals surface area contributed by atoms with Crippen molar-refractivity contribution in [2.45, 2.75) is 50.4 Å². The molecular formula is C12H21N3OS. The van der Waals surface area contributed by atoms with E-state index in [1.54, 1.807) is 4.90 Å². The van der Waals surface area contributed by atoms with Gasteiger partial charge in [0.05, 0.1) is 6.04 Å². The van der Waals surface area contributed by atoms with Crippen LogP contribution < -0.4 is 5.32 Å². The summed E-state index contributed by atoms with van der Waals surface area (Å²) in [6, 6.07) is 0.776. The molecule has 5 heteroatoms. The molecule has 2 aliphatic heterocycles. The largest absolute Gasteiger partial charge is 0.362 e. The second-order valence-corrected chi connectivity index (χ2v) is 6.54. The summed E-state index contributed by atoms with van der Waals surface area (Å²) in [5.74, 6) is 0.243. The van der Waals surface area contributed by atoms with Crippen LogP contribution in [0, 0.1) is 0 Å². The Bertz CT molecular complexity index is 320. The second-order valence-electron chi connectivity index (χ2n) is 5.11. The lowest BCUT2D eigenvalue weighted by Crippen LogP contribution is -2.42. The number of nitrogens with zero attached hydrogens (tertiary/aromatic N) is 2. The first kappa shape index (κ1) is 12.7. The summed E-state index contributed by atoms with van der Waals surface area (Å²) in [6.45, 7) is 5.20. The molecule has 17 heavy (non-hydrogen) atoms. The van der Waals surface area contributed by atoms with Gasteiger partial charge >= 0.3 is 0 Å². The van der Waals surface area contributed by atoms with E-state index < -0.39 is 0 Å². The van der Waals surface area contributed by atoms with E-state index in [1.165, 1.54) is 6.42 Å². The number of amides is 1. The van der Waals surface area contributed by atoms with Crippen LogP contribution in [-0.2, 0) is 4.79 Å². The maximum atomic E-state index is 11.4. The van der Waals surface area contributed by atoms with Crippen LogP contribution in [0.25, 0.3) is 0 Å². The number of amidine groups is 1. The number of likely N-dealkylation sites (N-methyl/N-ethyl adjacent to an activating group) is 1. The maximum Gasteiger partial charge on any atom is 0.222 e. The Hall–Kier alpha value is -0.710. The maximum absolute atomic E-state index is 11.4. The number of piperidine rings is 1. The van der Waals surface area contributed by atoms with Crippen molar-refractivity contribution in [3.05, 3.63) is 0 Å². The molecule has 0 aromatic heterocycles. The van der Waals surface area contributed by atoms with E-state index in [4.69, 9.17) is 4.99 Å². The van der Waals surface area contributed by atoms with Crippen molar-refractivity contribution in [3.63, 3.8) is 0 Å². The molecule has 2 saturated heterocycles. The molecule has 0 aromatic rings. The average Bonchev–Trinajstić information content (AvgIpc) is 2.22. The van der Waals surface area contributed by atoms with Crippen LogP contribution in [0.3, 0.4) is 0 Å². The van der Waals surface area contributed by atoms with Gasteiger partial charge in [0.25, 0.3) is 0 Å². The Morgan fingerprint density at radius 1 is 1.47 bits per heavy atom. The van der Waals surface area contributed by atoms with Crippen molar-refractivity contribution in [3.8, 4) is 0 Å². The van der Waals surface area contributed by atoms with Crippen molar-refractivity contribution in [1.82, 2.24) is 10.2 Å². The molecule has 0 spiro atoms. The third-order valence-corrected chi connectivity index (χ3v) is 4.31. The van der Waals surface area contributed by atoms with Crippen LogP contribution >= 0.6 is 11.8 Å². The minimum absolute atomic E-state index is 0.243. The summed E-state index contributed by atoms with van der Waals surface area (Å²) in [5.41, 5.74) is 0. The van der Waals surface area contributed by atoms with E-state index in [2.05, 4.69) is 19.2 Å². The Labute approximate surface area is 107 Å². The molecule has 0 bridgehead atoms. The normalized spacial score (nSPS) is 37.1. The number of rotatable bonds is 1. The van der Waals surface area contributed by atoms with Crippen molar-refractivity contribution in [2.75, 3.05) is 13.6 Å². The second kappa shape index (κ2) is 5.29. The molecule has 4 nitrogen and oxygen atoms in total. The van der Waals surface area contributed by atoms with Crippen molar-refractivity contribution in [1.29, 1.82) is 0 Å². The standard InChI is InChI=1S/C12H21N3OS/c1-8-6-9(2)17-12(13-8)14-10-4-5-11(16)15(3)7-10/h8-10H,4-7H2,1-3H3,(H,13,14). The SMILES string of the molecule is CC1CC(C)SC(=NC2CCC(=O)N(C)C2)N1. The highest BCUT2D eigenvalue weighted by atomic mass is 32.2. The summed E-state index contributed by atoms with van der Waals surface area (Å²) in [6.07, 6.45) is 2.71. The molecule has 0 saturated carbocycles. The molecule has 0 radical (unpaired) electrons. The van der Waals surface area contributed by atoms with Crippen LogP contribution in [0.1, 0.15) is 33.1 Å². The number of hydrogen-bond donors (Lipinski definition) is 1. The predicted molar refractivity (Wildman–Crippen MR) is 72.4 cm³/mol. The molecule has 1 amide bonds. The Morgan fingerprint density at radius 3 is 2.88 bits per heavy atom. The zero-order valence-corrected chi connectivity index (χ0v) is 11.6. The molecule has 2 fully saturated rings. The lowest BCUT2D eigenvalue weighted by molar-refractivity contribution is -0.132. The third-order valence-electron chi connectivity index (χ3n) is 3.27. The van der Waals surface area contributed by atoms with Crippen LogP contribution in [-0.4, -0.2) is 46.9 Å². The highest BCUT2D eigenvalue weighted by Crippen LogP contribution is 2.24. The quantitative estimate of drug-likeness (QED) is 0.771. The number of nitrogens with one attached hydrogen (secondary N) is 1. The first-order valence-corrected chi connectivity index (χ1v) is 7.17. The third kappa shape index (κ3) is 3.37. The summed E-state index contributed by atoms with van der Waals surface area (Å²) in [4.78, 5) is 17.9. The van der Waals surface area contributed by atoms with Gasteiger partial charge in [-0.15, -0.1) is 0 Å². The van der Waals surface area contributed by atoms with Gasteiger partial charge < -0.3 is 10.2 Å². The molecule has 1 N–H and O–H groups in total. The fourth-order valence-electron chi connectivity index (χ4n) is 2.37. The number of aliphatic imine (C=N–C) groups is 1. The summed E-state index contributed by atoms with van der Waals surface area (Å²) >= 11 is 1.82. The molecule has 2 aliphatic rings. The number of thioether (sulfide) groups is 1. The fourth-order valence-corrected chi connectivity index (χ4v) is 3.61. The van der Waals surface area contributed by atoms with E-state index in [9.17, 15) is 4.79 Å². The first-order chi connectivity index (χ1) is 8.04. The van der Waals surface area contributed by atoms with Gasteiger partial charge in [-0.1, -0.05) is 18.7 Å². The lowest BCUT2D eigenvalue weighted by atomic mass is 10.1. The van der Waals surface area contributed by atoms with Crippen molar-refractivity contribution < 1.29 is 4.79 Å². The Balaban J connectivity index is 1.96. The lowest BCUT2D eigenvalue weighted by Gasteiger charge is -2.31. The van der Waals surface area contributed by atoms with Gasteiger partial charge in [-0.05, 0) is 19.8 Å². The molecular weight excluding hydrogens is 234 g/mol. The molecule has 3 atom stereocenters. The van der Waals surface area contributed by atoms with E-state index in [1.807, 2.05) is 18.8 Å². The predicted octanol–water partition coefficient (Wildman–Crippen LogP) is 1.47. The van der Waals surface area contributed by atoms with Gasteiger partial charge in [0.1, 0.15) is 0 Å². The van der Waals surface area contributed by atoms with Crippen LogP contribution in [0.5, 0.6) is 0 Å². The monoisotopic (exact) mass is 255 g/mol. The molecule has 96 valence electrons. The number of carbonyl (C=O) groups is 1. The topological polar surface area (TPSA) is 44.7 Å².